The highest BCUT2D eigenvalue weighted by Crippen LogP contribution is 2.15. The van der Waals surface area contributed by atoms with Gasteiger partial charge in [0, 0.05) is 5.92 Å². The van der Waals surface area contributed by atoms with Crippen molar-refractivity contribution >= 4 is 0 Å². The predicted molar refractivity (Wildman–Crippen MR) is 42.2 cm³/mol. The van der Waals surface area contributed by atoms with Crippen molar-refractivity contribution in [3.05, 3.63) is 35.6 Å². The Balaban J connectivity index is 2.80. The number of alkyl halides is 1. The lowest BCUT2D eigenvalue weighted by molar-refractivity contribution is 0.241. The summed E-state index contributed by atoms with van der Waals surface area (Å²) in [5.74, 6) is -0.875. The fraction of sp³-hybridized carbons (Fsp3) is 0.333. The SMILES string of the molecule is OCC(CF)c1ccc(F)cc1. The van der Waals surface area contributed by atoms with E-state index in [0.717, 1.165) is 0 Å². The highest BCUT2D eigenvalue weighted by molar-refractivity contribution is 5.20. The van der Waals surface area contributed by atoms with Gasteiger partial charge in [0.2, 0.25) is 0 Å². The van der Waals surface area contributed by atoms with Gasteiger partial charge in [-0.05, 0) is 17.7 Å². The summed E-state index contributed by atoms with van der Waals surface area (Å²) in [5, 5.41) is 8.72. The molecule has 0 aromatic heterocycles. The van der Waals surface area contributed by atoms with Crippen LogP contribution < -0.4 is 0 Å². The average molecular weight is 172 g/mol. The first-order valence-corrected chi connectivity index (χ1v) is 3.70. The maximum absolute atomic E-state index is 12.4. The Hall–Kier alpha value is -0.960. The number of benzene rings is 1. The monoisotopic (exact) mass is 172 g/mol. The Morgan fingerprint density at radius 1 is 1.25 bits per heavy atom. The topological polar surface area (TPSA) is 20.2 Å². The van der Waals surface area contributed by atoms with Crippen LogP contribution in [0.4, 0.5) is 8.78 Å². The fourth-order valence-corrected chi connectivity index (χ4v) is 0.978. The molecule has 12 heavy (non-hydrogen) atoms. The van der Waals surface area contributed by atoms with Crippen LogP contribution in [0.15, 0.2) is 24.3 Å². The van der Waals surface area contributed by atoms with Gasteiger partial charge in [-0.15, -0.1) is 0 Å². The van der Waals surface area contributed by atoms with Crippen LogP contribution in [0.1, 0.15) is 11.5 Å². The molecule has 0 bridgehead atoms. The van der Waals surface area contributed by atoms with E-state index in [1.54, 1.807) is 0 Å². The number of aliphatic hydroxyl groups excluding tert-OH is 1. The summed E-state index contributed by atoms with van der Waals surface area (Å²) >= 11 is 0. The Bertz CT molecular complexity index is 229. The van der Waals surface area contributed by atoms with Gasteiger partial charge in [0.15, 0.2) is 0 Å². The molecule has 1 N–H and O–H groups in total. The predicted octanol–water partition coefficient (Wildman–Crippen LogP) is 1.87. The molecule has 0 saturated heterocycles. The van der Waals surface area contributed by atoms with E-state index < -0.39 is 12.6 Å². The van der Waals surface area contributed by atoms with E-state index in [2.05, 4.69) is 0 Å². The van der Waals surface area contributed by atoms with Crippen LogP contribution in [0.5, 0.6) is 0 Å². The molecular weight excluding hydrogens is 162 g/mol. The van der Waals surface area contributed by atoms with Gasteiger partial charge in [-0.2, -0.15) is 0 Å². The molecule has 1 unspecified atom stereocenters. The molecule has 0 radical (unpaired) electrons. The van der Waals surface area contributed by atoms with Gasteiger partial charge in [-0.25, -0.2) is 4.39 Å². The third kappa shape index (κ3) is 2.01. The molecule has 0 aliphatic heterocycles. The lowest BCUT2D eigenvalue weighted by Gasteiger charge is -2.08. The van der Waals surface area contributed by atoms with Gasteiger partial charge in [0.05, 0.1) is 13.3 Å². The quantitative estimate of drug-likeness (QED) is 0.737. The minimum Gasteiger partial charge on any atom is -0.396 e. The van der Waals surface area contributed by atoms with Gasteiger partial charge in [0.1, 0.15) is 5.82 Å². The summed E-state index contributed by atoms with van der Waals surface area (Å²) < 4.78 is 24.6. The molecule has 0 aliphatic rings. The number of aliphatic hydroxyl groups is 1. The van der Waals surface area contributed by atoms with Crippen LogP contribution in [-0.2, 0) is 0 Å². The number of rotatable bonds is 3. The van der Waals surface area contributed by atoms with Crippen molar-refractivity contribution < 1.29 is 13.9 Å². The van der Waals surface area contributed by atoms with Crippen LogP contribution in [0, 0.1) is 5.82 Å². The molecule has 0 saturated carbocycles. The molecule has 1 rings (SSSR count). The van der Waals surface area contributed by atoms with Crippen molar-refractivity contribution in [3.63, 3.8) is 0 Å². The second kappa shape index (κ2) is 4.16. The average Bonchev–Trinajstić information content (AvgIpc) is 2.10. The second-order valence-corrected chi connectivity index (χ2v) is 2.59. The number of hydrogen-bond acceptors (Lipinski definition) is 1. The van der Waals surface area contributed by atoms with E-state index in [1.165, 1.54) is 24.3 Å². The summed E-state index contributed by atoms with van der Waals surface area (Å²) in [6.07, 6.45) is 0. The zero-order chi connectivity index (χ0) is 8.97. The maximum atomic E-state index is 12.4. The summed E-state index contributed by atoms with van der Waals surface area (Å²) in [7, 11) is 0. The molecular formula is C9H10F2O. The zero-order valence-corrected chi connectivity index (χ0v) is 6.50. The van der Waals surface area contributed by atoms with Crippen molar-refractivity contribution in [2.45, 2.75) is 5.92 Å². The molecule has 3 heteroatoms. The number of hydrogen-bond donors (Lipinski definition) is 1. The molecule has 0 spiro atoms. The molecule has 1 aromatic carbocycles. The normalized spacial score (nSPS) is 12.9. The summed E-state index contributed by atoms with van der Waals surface area (Å²) in [6, 6.07) is 5.48. The molecule has 0 aliphatic carbocycles. The van der Waals surface area contributed by atoms with E-state index >= 15 is 0 Å². The van der Waals surface area contributed by atoms with Gasteiger partial charge < -0.3 is 5.11 Å². The van der Waals surface area contributed by atoms with Gasteiger partial charge >= 0.3 is 0 Å². The van der Waals surface area contributed by atoms with E-state index in [1.807, 2.05) is 0 Å². The highest BCUT2D eigenvalue weighted by Gasteiger charge is 2.08. The van der Waals surface area contributed by atoms with Crippen molar-refractivity contribution in [3.8, 4) is 0 Å². The first kappa shape index (κ1) is 9.13. The molecule has 66 valence electrons. The maximum Gasteiger partial charge on any atom is 0.123 e. The van der Waals surface area contributed by atoms with E-state index in [-0.39, 0.29) is 12.4 Å². The lowest BCUT2D eigenvalue weighted by atomic mass is 10.0. The Morgan fingerprint density at radius 2 is 1.83 bits per heavy atom. The fourth-order valence-electron chi connectivity index (χ4n) is 0.978. The minimum absolute atomic E-state index is 0.248. The number of halogens is 2. The van der Waals surface area contributed by atoms with Crippen molar-refractivity contribution in [2.24, 2.45) is 0 Å². The summed E-state index contributed by atoms with van der Waals surface area (Å²) in [5.41, 5.74) is 0.626. The first-order valence-electron chi connectivity index (χ1n) is 3.70. The van der Waals surface area contributed by atoms with Gasteiger partial charge in [-0.1, -0.05) is 12.1 Å². The summed E-state index contributed by atoms with van der Waals surface area (Å²) in [4.78, 5) is 0. The smallest absolute Gasteiger partial charge is 0.123 e. The molecule has 1 atom stereocenters. The van der Waals surface area contributed by atoms with Gasteiger partial charge in [-0.3, -0.25) is 4.39 Å². The Kier molecular flexibility index (Phi) is 3.17. The van der Waals surface area contributed by atoms with Crippen molar-refractivity contribution in [2.75, 3.05) is 13.3 Å². The van der Waals surface area contributed by atoms with Gasteiger partial charge in [0.25, 0.3) is 0 Å². The van der Waals surface area contributed by atoms with E-state index in [0.29, 0.717) is 5.56 Å². The molecule has 1 nitrogen and oxygen atoms in total. The van der Waals surface area contributed by atoms with Crippen LogP contribution in [0.2, 0.25) is 0 Å². The Morgan fingerprint density at radius 3 is 2.25 bits per heavy atom. The second-order valence-electron chi connectivity index (χ2n) is 2.59. The Labute approximate surface area is 69.7 Å². The van der Waals surface area contributed by atoms with Crippen molar-refractivity contribution in [1.29, 1.82) is 0 Å². The van der Waals surface area contributed by atoms with Crippen LogP contribution >= 0.6 is 0 Å². The third-order valence-corrected chi connectivity index (χ3v) is 1.75. The molecule has 0 fully saturated rings. The van der Waals surface area contributed by atoms with Crippen molar-refractivity contribution in [1.82, 2.24) is 0 Å². The van der Waals surface area contributed by atoms with Crippen LogP contribution in [0.3, 0.4) is 0 Å². The highest BCUT2D eigenvalue weighted by atomic mass is 19.1. The van der Waals surface area contributed by atoms with E-state index in [9.17, 15) is 8.78 Å². The zero-order valence-electron chi connectivity index (χ0n) is 6.50. The lowest BCUT2D eigenvalue weighted by Crippen LogP contribution is -2.05. The molecule has 0 heterocycles. The van der Waals surface area contributed by atoms with Crippen LogP contribution in [0.25, 0.3) is 0 Å². The van der Waals surface area contributed by atoms with E-state index in [4.69, 9.17) is 5.11 Å². The largest absolute Gasteiger partial charge is 0.396 e. The van der Waals surface area contributed by atoms with Crippen LogP contribution in [-0.4, -0.2) is 18.4 Å². The third-order valence-electron chi connectivity index (χ3n) is 1.75. The molecule has 0 amide bonds. The standard InChI is InChI=1S/C9H10F2O/c10-5-8(6-12)7-1-3-9(11)4-2-7/h1-4,8,12H,5-6H2. The summed E-state index contributed by atoms with van der Waals surface area (Å²) in [6.45, 7) is -0.871. The molecule has 1 aromatic rings. The first-order chi connectivity index (χ1) is 5.77. The minimum atomic E-state index is -0.623.